The van der Waals surface area contributed by atoms with Gasteiger partial charge in [0.2, 0.25) is 0 Å². The van der Waals surface area contributed by atoms with E-state index in [2.05, 4.69) is 10.6 Å². The van der Waals surface area contributed by atoms with Crippen molar-refractivity contribution in [3.8, 4) is 0 Å². The third kappa shape index (κ3) is 3.88. The molecule has 1 aliphatic rings. The Morgan fingerprint density at radius 3 is 1.32 bits per heavy atom. The summed E-state index contributed by atoms with van der Waals surface area (Å²) in [6, 6.07) is 30.9. The van der Waals surface area contributed by atoms with Gasteiger partial charge in [0.25, 0.3) is 0 Å². The van der Waals surface area contributed by atoms with Gasteiger partial charge < -0.3 is 10.6 Å². The minimum atomic E-state index is -0.142. The Morgan fingerprint density at radius 2 is 0.912 bits per heavy atom. The fraction of sp³-hybridized carbons (Fsp3) is 0.133. The van der Waals surface area contributed by atoms with Gasteiger partial charge in [0, 0.05) is 34.6 Å². The van der Waals surface area contributed by atoms with Gasteiger partial charge in [0.1, 0.15) is 0 Å². The van der Waals surface area contributed by atoms with Crippen molar-refractivity contribution in [2.75, 3.05) is 10.6 Å². The highest BCUT2D eigenvalue weighted by Crippen LogP contribution is 2.37. The maximum atomic E-state index is 13.9. The van der Waals surface area contributed by atoms with Crippen LogP contribution in [0.2, 0.25) is 0 Å². The molecule has 4 heteroatoms. The lowest BCUT2D eigenvalue weighted by Gasteiger charge is -2.26. The van der Waals surface area contributed by atoms with Crippen LogP contribution in [0.15, 0.2) is 97.1 Å². The average Bonchev–Trinajstić information content (AvgIpc) is 2.88. The molecule has 4 aromatic rings. The van der Waals surface area contributed by atoms with Crippen molar-refractivity contribution in [2.24, 2.45) is 0 Å². The van der Waals surface area contributed by atoms with Gasteiger partial charge in [-0.05, 0) is 37.1 Å². The Balaban J connectivity index is 1.53. The number of carbonyl (C=O) groups excluding carboxylic acids is 2. The number of hydrogen-bond acceptors (Lipinski definition) is 4. The fourth-order valence-electron chi connectivity index (χ4n) is 4.60. The van der Waals surface area contributed by atoms with E-state index >= 15 is 0 Å². The number of nitrogens with one attached hydrogen (secondary N) is 2. The SMILES string of the molecule is CC(Nc1cccc2c1C(=O)c1c(NC(C)c3ccccc3)cccc1C2=O)c1ccccc1. The normalized spacial score (nSPS) is 14.1. The lowest BCUT2D eigenvalue weighted by molar-refractivity contribution is 0.0980. The van der Waals surface area contributed by atoms with Gasteiger partial charge in [-0.3, -0.25) is 9.59 Å². The molecule has 5 rings (SSSR count). The first-order valence-electron chi connectivity index (χ1n) is 11.5. The maximum absolute atomic E-state index is 13.9. The second-order valence-electron chi connectivity index (χ2n) is 8.67. The molecule has 0 spiro atoms. The Morgan fingerprint density at radius 1 is 0.500 bits per heavy atom. The third-order valence-electron chi connectivity index (χ3n) is 6.42. The summed E-state index contributed by atoms with van der Waals surface area (Å²) in [6.45, 7) is 4.10. The summed E-state index contributed by atoms with van der Waals surface area (Å²) in [7, 11) is 0. The highest BCUT2D eigenvalue weighted by Gasteiger charge is 2.34. The van der Waals surface area contributed by atoms with Crippen LogP contribution in [0.3, 0.4) is 0 Å². The van der Waals surface area contributed by atoms with Gasteiger partial charge in [-0.1, -0.05) is 84.9 Å². The summed E-state index contributed by atoms with van der Waals surface area (Å²) >= 11 is 0. The zero-order valence-corrected chi connectivity index (χ0v) is 19.2. The van der Waals surface area contributed by atoms with E-state index in [0.29, 0.717) is 33.6 Å². The third-order valence-corrected chi connectivity index (χ3v) is 6.42. The lowest BCUT2D eigenvalue weighted by atomic mass is 9.82. The molecular weight excluding hydrogens is 420 g/mol. The first kappa shape index (κ1) is 21.7. The predicted octanol–water partition coefficient (Wildman–Crippen LogP) is 6.81. The van der Waals surface area contributed by atoms with Crippen LogP contribution < -0.4 is 10.6 Å². The van der Waals surface area contributed by atoms with Gasteiger partial charge in [-0.15, -0.1) is 0 Å². The van der Waals surface area contributed by atoms with Crippen LogP contribution in [0.1, 0.15) is 68.9 Å². The molecule has 0 aromatic heterocycles. The van der Waals surface area contributed by atoms with E-state index in [-0.39, 0.29) is 23.7 Å². The molecule has 0 bridgehead atoms. The van der Waals surface area contributed by atoms with Gasteiger partial charge in [-0.2, -0.15) is 0 Å². The summed E-state index contributed by atoms with van der Waals surface area (Å²) in [5.74, 6) is -0.270. The van der Waals surface area contributed by atoms with Gasteiger partial charge in [0.05, 0.1) is 11.1 Å². The number of ketones is 2. The Labute approximate surface area is 199 Å². The van der Waals surface area contributed by atoms with Crippen molar-refractivity contribution in [1.29, 1.82) is 0 Å². The van der Waals surface area contributed by atoms with Crippen LogP contribution in [0, 0.1) is 0 Å². The van der Waals surface area contributed by atoms with Crippen LogP contribution >= 0.6 is 0 Å². The van der Waals surface area contributed by atoms with Crippen LogP contribution in [0.4, 0.5) is 11.4 Å². The second-order valence-corrected chi connectivity index (χ2v) is 8.67. The largest absolute Gasteiger partial charge is 0.378 e. The molecule has 2 atom stereocenters. The average molecular weight is 447 g/mol. The van der Waals surface area contributed by atoms with Gasteiger partial charge in [0.15, 0.2) is 11.6 Å². The number of fused-ring (bicyclic) bond motifs is 2. The smallest absolute Gasteiger partial charge is 0.198 e. The molecule has 0 amide bonds. The zero-order valence-electron chi connectivity index (χ0n) is 19.2. The molecule has 0 saturated carbocycles. The van der Waals surface area contributed by atoms with Crippen LogP contribution in [-0.2, 0) is 0 Å². The van der Waals surface area contributed by atoms with Crippen molar-refractivity contribution in [2.45, 2.75) is 25.9 Å². The fourth-order valence-corrected chi connectivity index (χ4v) is 4.60. The summed E-state index contributed by atoms with van der Waals surface area (Å²) in [6.07, 6.45) is 0. The molecule has 2 unspecified atom stereocenters. The van der Waals surface area contributed by atoms with Crippen molar-refractivity contribution in [1.82, 2.24) is 0 Å². The van der Waals surface area contributed by atoms with Crippen molar-refractivity contribution >= 4 is 22.9 Å². The lowest BCUT2D eigenvalue weighted by Crippen LogP contribution is -2.25. The highest BCUT2D eigenvalue weighted by atomic mass is 16.1. The Hall–Kier alpha value is -4.18. The topological polar surface area (TPSA) is 58.2 Å². The Kier molecular flexibility index (Phi) is 5.72. The summed E-state index contributed by atoms with van der Waals surface area (Å²) in [5.41, 5.74) is 5.30. The first-order chi connectivity index (χ1) is 16.5. The number of anilines is 2. The molecule has 1 aliphatic carbocycles. The zero-order chi connectivity index (χ0) is 23.7. The molecule has 0 fully saturated rings. The van der Waals surface area contributed by atoms with Crippen molar-refractivity contribution in [3.05, 3.63) is 130 Å². The van der Waals surface area contributed by atoms with Crippen LogP contribution in [0.5, 0.6) is 0 Å². The van der Waals surface area contributed by atoms with E-state index in [4.69, 9.17) is 0 Å². The summed E-state index contributed by atoms with van der Waals surface area (Å²) in [4.78, 5) is 27.4. The summed E-state index contributed by atoms with van der Waals surface area (Å²) in [5, 5.41) is 6.92. The van der Waals surface area contributed by atoms with E-state index in [1.165, 1.54) is 0 Å². The monoisotopic (exact) mass is 446 g/mol. The predicted molar refractivity (Wildman–Crippen MR) is 137 cm³/mol. The van der Waals surface area contributed by atoms with E-state index in [1.807, 2.05) is 98.8 Å². The molecule has 4 aromatic carbocycles. The van der Waals surface area contributed by atoms with E-state index < -0.39 is 0 Å². The van der Waals surface area contributed by atoms with Gasteiger partial charge in [-0.25, -0.2) is 0 Å². The maximum Gasteiger partial charge on any atom is 0.198 e. The molecule has 34 heavy (non-hydrogen) atoms. The molecule has 0 heterocycles. The molecule has 0 saturated heterocycles. The summed E-state index contributed by atoms with van der Waals surface area (Å²) < 4.78 is 0. The minimum Gasteiger partial charge on any atom is -0.378 e. The molecule has 0 aliphatic heterocycles. The first-order valence-corrected chi connectivity index (χ1v) is 11.5. The van der Waals surface area contributed by atoms with E-state index in [0.717, 1.165) is 11.1 Å². The van der Waals surface area contributed by atoms with Crippen LogP contribution in [0.25, 0.3) is 0 Å². The number of benzene rings is 4. The molecular formula is C30H26N2O2. The van der Waals surface area contributed by atoms with Gasteiger partial charge >= 0.3 is 0 Å². The number of carbonyl (C=O) groups is 2. The molecule has 168 valence electrons. The standard InChI is InChI=1S/C30H26N2O2/c1-19(21-11-5-3-6-12-21)31-25-17-9-15-23-27(25)30(34)28-24(29(23)33)16-10-18-26(28)32-20(2)22-13-7-4-8-14-22/h3-20,31-32H,1-2H3. The quantitative estimate of drug-likeness (QED) is 0.301. The van der Waals surface area contributed by atoms with Crippen LogP contribution in [-0.4, -0.2) is 11.6 Å². The molecule has 4 nitrogen and oxygen atoms in total. The molecule has 2 N–H and O–H groups in total. The van der Waals surface area contributed by atoms with E-state index in [1.54, 1.807) is 12.1 Å². The van der Waals surface area contributed by atoms with Crippen molar-refractivity contribution in [3.63, 3.8) is 0 Å². The minimum absolute atomic E-state index is 0.0246. The number of hydrogen-bond donors (Lipinski definition) is 2. The van der Waals surface area contributed by atoms with Crippen molar-refractivity contribution < 1.29 is 9.59 Å². The Bertz CT molecular complexity index is 1260. The highest BCUT2D eigenvalue weighted by molar-refractivity contribution is 6.31. The molecule has 0 radical (unpaired) electrons. The second kappa shape index (κ2) is 8.99. The van der Waals surface area contributed by atoms with E-state index in [9.17, 15) is 9.59 Å². The number of rotatable bonds is 6.